The molecule has 0 aliphatic rings. The van der Waals surface area contributed by atoms with Crippen molar-refractivity contribution in [3.05, 3.63) is 40.2 Å². The van der Waals surface area contributed by atoms with Crippen LogP contribution in [0.3, 0.4) is 0 Å². The van der Waals surface area contributed by atoms with Crippen LogP contribution >= 0.6 is 0 Å². The molecule has 0 bridgehead atoms. The third-order valence-corrected chi connectivity index (χ3v) is 7.22. The second kappa shape index (κ2) is 32.8. The van der Waals surface area contributed by atoms with E-state index in [1.807, 2.05) is 24.3 Å². The van der Waals surface area contributed by atoms with Crippen molar-refractivity contribution >= 4 is 18.1 Å². The fourth-order valence-corrected chi connectivity index (χ4v) is 4.12. The molecule has 182 valence electrons. The molecule has 0 N–H and O–H groups in total. The van der Waals surface area contributed by atoms with Crippen LogP contribution < -0.4 is 4.40 Å². The Morgan fingerprint density at radius 3 is 0.935 bits per heavy atom. The van der Waals surface area contributed by atoms with Crippen LogP contribution in [0.15, 0.2) is 24.3 Å². The molecule has 1 aromatic rings. The van der Waals surface area contributed by atoms with Gasteiger partial charge in [-0.2, -0.15) is 0 Å². The zero-order chi connectivity index (χ0) is 23.5. The van der Waals surface area contributed by atoms with Gasteiger partial charge in [-0.3, -0.25) is 0 Å². The summed E-state index contributed by atoms with van der Waals surface area (Å²) in [6.45, 7) is 19.2. The molecule has 0 aromatic heterocycles. The van der Waals surface area contributed by atoms with Crippen molar-refractivity contribution in [1.29, 1.82) is 0 Å². The van der Waals surface area contributed by atoms with E-state index in [2.05, 4.69) is 57.5 Å². The standard InChI is InChI=1S/C7H10FGe.3C6H14N.Zr/c1-9(2,8)7-5-3-4-6-7;3*1-3-5-7-6-4-2;/h3-6H,1-2H3;3*3-6H2,1-2H3;/q4*-1;+4. The third-order valence-electron chi connectivity index (χ3n) is 3.64. The molecule has 0 spiro atoms. The molecule has 0 fully saturated rings. The van der Waals surface area contributed by atoms with E-state index < -0.39 is 13.7 Å². The summed E-state index contributed by atoms with van der Waals surface area (Å²) in [4.78, 5) is 0. The number of rotatable bonds is 13. The van der Waals surface area contributed by atoms with Gasteiger partial charge in [-0.05, 0) is 0 Å². The largest absolute Gasteiger partial charge is 4.00 e. The third kappa shape index (κ3) is 38.2. The van der Waals surface area contributed by atoms with Gasteiger partial charge in [0.05, 0.1) is 0 Å². The van der Waals surface area contributed by atoms with Gasteiger partial charge in [-0.25, -0.2) is 0 Å². The average Bonchev–Trinajstić information content (AvgIpc) is 3.26. The van der Waals surface area contributed by atoms with Crippen molar-refractivity contribution < 1.29 is 29.7 Å². The van der Waals surface area contributed by atoms with Crippen molar-refractivity contribution in [2.75, 3.05) is 39.3 Å². The van der Waals surface area contributed by atoms with Gasteiger partial charge in [0.25, 0.3) is 0 Å². The zero-order valence-corrected chi connectivity index (χ0v) is 26.6. The zero-order valence-electron chi connectivity index (χ0n) is 22.0. The molecule has 6 heteroatoms. The topological polar surface area (TPSA) is 42.3 Å². The fourth-order valence-electron chi connectivity index (χ4n) is 2.05. The van der Waals surface area contributed by atoms with E-state index in [1.165, 1.54) is 38.5 Å². The van der Waals surface area contributed by atoms with Crippen LogP contribution in [0.25, 0.3) is 16.0 Å². The van der Waals surface area contributed by atoms with Crippen LogP contribution in [0.5, 0.6) is 0 Å². The predicted molar refractivity (Wildman–Crippen MR) is 141 cm³/mol. The van der Waals surface area contributed by atoms with Crippen LogP contribution in [0.4, 0.5) is 3.50 Å². The monoisotopic (exact) mass is 577 g/mol. The van der Waals surface area contributed by atoms with Gasteiger partial charge in [0, 0.05) is 0 Å². The van der Waals surface area contributed by atoms with Crippen LogP contribution in [-0.2, 0) is 26.2 Å². The van der Waals surface area contributed by atoms with E-state index in [0.29, 0.717) is 0 Å². The van der Waals surface area contributed by atoms with Crippen molar-refractivity contribution in [2.45, 2.75) is 91.6 Å². The van der Waals surface area contributed by atoms with E-state index in [0.717, 1.165) is 43.7 Å². The Hall–Kier alpha value is 0.586. The summed E-state index contributed by atoms with van der Waals surface area (Å²) >= 11 is -2.94. The van der Waals surface area contributed by atoms with E-state index in [-0.39, 0.29) is 26.2 Å². The summed E-state index contributed by atoms with van der Waals surface area (Å²) in [5, 5.41) is 12.6. The molecule has 0 heterocycles. The van der Waals surface area contributed by atoms with Gasteiger partial charge in [0.1, 0.15) is 0 Å². The van der Waals surface area contributed by atoms with Gasteiger partial charge in [-0.1, -0.05) is 80.1 Å². The summed E-state index contributed by atoms with van der Waals surface area (Å²) in [6.07, 6.45) is 7.17. The van der Waals surface area contributed by atoms with Crippen molar-refractivity contribution in [2.24, 2.45) is 0 Å². The van der Waals surface area contributed by atoms with E-state index in [9.17, 15) is 3.50 Å². The molecular weight excluding hydrogens is 525 g/mol. The number of hydrogen-bond donors (Lipinski definition) is 0. The van der Waals surface area contributed by atoms with Crippen molar-refractivity contribution in [3.63, 3.8) is 0 Å². The molecule has 0 radical (unpaired) electrons. The van der Waals surface area contributed by atoms with Gasteiger partial charge in [0.15, 0.2) is 0 Å². The van der Waals surface area contributed by atoms with Crippen molar-refractivity contribution in [1.82, 2.24) is 0 Å². The van der Waals surface area contributed by atoms with Gasteiger partial charge in [0.2, 0.25) is 0 Å². The molecule has 0 amide bonds. The molecule has 0 atom stereocenters. The molecule has 0 saturated heterocycles. The molecular formula is C25H52FGeN3Zr. The second-order valence-electron chi connectivity index (χ2n) is 7.66. The first-order valence-corrected chi connectivity index (χ1v) is 18.2. The van der Waals surface area contributed by atoms with E-state index in [4.69, 9.17) is 0 Å². The quantitative estimate of drug-likeness (QED) is 0.129. The first kappa shape index (κ1) is 38.8. The maximum Gasteiger partial charge on any atom is 4.00 e. The Kier molecular flexibility index (Phi) is 41.0. The molecule has 0 saturated carbocycles. The first-order chi connectivity index (χ1) is 14.3. The van der Waals surface area contributed by atoms with E-state index in [1.54, 1.807) is 11.5 Å². The van der Waals surface area contributed by atoms with Crippen LogP contribution in [0.2, 0.25) is 11.5 Å². The number of halogens is 1. The van der Waals surface area contributed by atoms with Gasteiger partial charge >= 0.3 is 83.6 Å². The minimum atomic E-state index is -2.94. The van der Waals surface area contributed by atoms with Crippen LogP contribution in [0, 0.1) is 0 Å². The molecule has 1 rings (SSSR count). The summed E-state index contributed by atoms with van der Waals surface area (Å²) in [5.74, 6) is 3.49. The minimum absolute atomic E-state index is 0. The number of nitrogens with zero attached hydrogens (tertiary/aromatic N) is 3. The summed E-state index contributed by atoms with van der Waals surface area (Å²) in [6, 6.07) is 7.53. The number of hydrogen-bond acceptors (Lipinski definition) is 0. The molecule has 0 unspecified atom stereocenters. The molecule has 1 aromatic carbocycles. The molecule has 0 aliphatic heterocycles. The Labute approximate surface area is 217 Å². The van der Waals surface area contributed by atoms with Crippen LogP contribution in [-0.4, -0.2) is 53.0 Å². The molecule has 31 heavy (non-hydrogen) atoms. The molecule has 0 aliphatic carbocycles. The maximum absolute atomic E-state index is 13.1. The summed E-state index contributed by atoms with van der Waals surface area (Å²) in [5.41, 5.74) is 0. The van der Waals surface area contributed by atoms with E-state index >= 15 is 0 Å². The minimum Gasteiger partial charge on any atom is 4.00 e. The van der Waals surface area contributed by atoms with Crippen LogP contribution in [0.1, 0.15) is 80.1 Å². The van der Waals surface area contributed by atoms with Crippen molar-refractivity contribution in [3.8, 4) is 0 Å². The van der Waals surface area contributed by atoms with Gasteiger partial charge < -0.3 is 16.0 Å². The Balaban J connectivity index is -0.000000156. The Bertz CT molecular complexity index is 349. The SMILES string of the molecule is CCC[N-]CCC.CCC[N-]CCC.CCC[N-]CCC.[CH3][Ge]([CH3])([F])[c-]1cccc1.[Zr+4]. The Morgan fingerprint density at radius 2 is 0.806 bits per heavy atom. The first-order valence-electron chi connectivity index (χ1n) is 12.2. The second-order valence-corrected chi connectivity index (χ2v) is 15.0. The van der Waals surface area contributed by atoms with Gasteiger partial charge in [-0.15, -0.1) is 39.3 Å². The maximum atomic E-state index is 13.1. The fraction of sp³-hybridized carbons (Fsp3) is 0.800. The predicted octanol–water partition coefficient (Wildman–Crippen LogP) is 8.32. The summed E-state index contributed by atoms with van der Waals surface area (Å²) in [7, 11) is 0. The Morgan fingerprint density at radius 1 is 0.581 bits per heavy atom. The average molecular weight is 578 g/mol. The summed E-state index contributed by atoms with van der Waals surface area (Å²) < 4.78 is 14.1. The smallest absolute Gasteiger partial charge is 4.00 e. The molecule has 3 nitrogen and oxygen atoms in total. The normalized spacial score (nSPS) is 9.84.